The summed E-state index contributed by atoms with van der Waals surface area (Å²) >= 11 is 5.86. The molecular formula is C12H13ClFN3. The molecular weight excluding hydrogens is 241 g/mol. The number of H-pyrrole nitrogens is 1. The third-order valence-electron chi connectivity index (χ3n) is 2.50. The number of aryl methyl sites for hydroxylation is 1. The molecule has 0 fully saturated rings. The van der Waals surface area contributed by atoms with Crippen LogP contribution in [0.25, 0.3) is 11.3 Å². The molecule has 0 unspecified atom stereocenters. The normalized spacial score (nSPS) is 10.8. The van der Waals surface area contributed by atoms with E-state index in [1.165, 1.54) is 12.1 Å². The fourth-order valence-corrected chi connectivity index (χ4v) is 1.89. The van der Waals surface area contributed by atoms with Crippen LogP contribution in [0.4, 0.5) is 4.39 Å². The Bertz CT molecular complexity index is 537. The summed E-state index contributed by atoms with van der Waals surface area (Å²) in [5.41, 5.74) is 7.27. The van der Waals surface area contributed by atoms with Crippen LogP contribution >= 0.6 is 11.6 Å². The van der Waals surface area contributed by atoms with Gasteiger partial charge in [0.05, 0.1) is 5.69 Å². The first-order valence-electron chi connectivity index (χ1n) is 5.33. The zero-order valence-electron chi connectivity index (χ0n) is 9.43. The predicted octanol–water partition coefficient (Wildman–Crippen LogP) is 2.68. The summed E-state index contributed by atoms with van der Waals surface area (Å²) in [5.74, 6) is 0.433. The van der Waals surface area contributed by atoms with Crippen LogP contribution in [-0.4, -0.2) is 16.5 Å². The largest absolute Gasteiger partial charge is 0.346 e. The Morgan fingerprint density at radius 2 is 2.24 bits per heavy atom. The molecule has 0 saturated carbocycles. The fraction of sp³-hybridized carbons (Fsp3) is 0.250. The number of aromatic nitrogens is 2. The number of hydrogen-bond acceptors (Lipinski definition) is 2. The summed E-state index contributed by atoms with van der Waals surface area (Å²) in [7, 11) is 0. The van der Waals surface area contributed by atoms with Crippen molar-refractivity contribution in [1.82, 2.24) is 9.97 Å². The lowest BCUT2D eigenvalue weighted by atomic mass is 10.1. The number of nitrogens with zero attached hydrogens (tertiary/aromatic N) is 1. The molecule has 17 heavy (non-hydrogen) atoms. The van der Waals surface area contributed by atoms with Gasteiger partial charge < -0.3 is 10.7 Å². The molecule has 0 atom stereocenters. The zero-order valence-corrected chi connectivity index (χ0v) is 10.2. The van der Waals surface area contributed by atoms with Gasteiger partial charge in [-0.05, 0) is 31.7 Å². The van der Waals surface area contributed by atoms with Crippen molar-refractivity contribution in [2.45, 2.75) is 13.3 Å². The van der Waals surface area contributed by atoms with Gasteiger partial charge in [0, 0.05) is 22.7 Å². The van der Waals surface area contributed by atoms with E-state index >= 15 is 0 Å². The minimum Gasteiger partial charge on any atom is -0.346 e. The summed E-state index contributed by atoms with van der Waals surface area (Å²) in [6, 6.07) is 4.43. The molecule has 5 heteroatoms. The summed E-state index contributed by atoms with van der Waals surface area (Å²) in [4.78, 5) is 7.43. The average Bonchev–Trinajstić information content (AvgIpc) is 2.64. The molecule has 0 aliphatic rings. The van der Waals surface area contributed by atoms with Crippen LogP contribution in [0.15, 0.2) is 18.2 Å². The molecule has 0 bridgehead atoms. The van der Waals surface area contributed by atoms with Gasteiger partial charge in [0.15, 0.2) is 0 Å². The van der Waals surface area contributed by atoms with E-state index in [2.05, 4.69) is 9.97 Å². The highest BCUT2D eigenvalue weighted by Crippen LogP contribution is 2.27. The molecule has 90 valence electrons. The summed E-state index contributed by atoms with van der Waals surface area (Å²) < 4.78 is 13.7. The van der Waals surface area contributed by atoms with Crippen molar-refractivity contribution in [2.75, 3.05) is 6.54 Å². The van der Waals surface area contributed by atoms with E-state index in [4.69, 9.17) is 17.3 Å². The van der Waals surface area contributed by atoms with E-state index in [0.29, 0.717) is 29.2 Å². The molecule has 3 nitrogen and oxygen atoms in total. The third kappa shape index (κ3) is 2.48. The molecule has 0 aliphatic heterocycles. The molecule has 1 aromatic heterocycles. The second kappa shape index (κ2) is 4.85. The van der Waals surface area contributed by atoms with Gasteiger partial charge in [0.2, 0.25) is 0 Å². The monoisotopic (exact) mass is 253 g/mol. The number of hydrogen-bond donors (Lipinski definition) is 2. The predicted molar refractivity (Wildman–Crippen MR) is 66.5 cm³/mol. The standard InChI is InChI=1S/C12H13ClFN3/c1-7-12(17-11(16-7)4-5-15)9-6-8(13)2-3-10(9)14/h2-3,6H,4-5,15H2,1H3,(H,16,17). The first-order valence-corrected chi connectivity index (χ1v) is 5.70. The Morgan fingerprint density at radius 3 is 2.94 bits per heavy atom. The quantitative estimate of drug-likeness (QED) is 0.884. The maximum atomic E-state index is 13.7. The number of benzene rings is 1. The highest BCUT2D eigenvalue weighted by atomic mass is 35.5. The van der Waals surface area contributed by atoms with Crippen molar-refractivity contribution >= 4 is 11.6 Å². The van der Waals surface area contributed by atoms with Gasteiger partial charge in [-0.15, -0.1) is 0 Å². The Kier molecular flexibility index (Phi) is 3.45. The van der Waals surface area contributed by atoms with E-state index in [1.807, 2.05) is 6.92 Å². The number of halogens is 2. The van der Waals surface area contributed by atoms with Crippen LogP contribution in [0.3, 0.4) is 0 Å². The van der Waals surface area contributed by atoms with E-state index < -0.39 is 0 Å². The minimum atomic E-state index is -0.330. The first-order chi connectivity index (χ1) is 8.11. The van der Waals surface area contributed by atoms with Gasteiger partial charge in [0.25, 0.3) is 0 Å². The second-order valence-corrected chi connectivity index (χ2v) is 4.26. The SMILES string of the molecule is Cc1[nH]c(CCN)nc1-c1cc(Cl)ccc1F. The van der Waals surface area contributed by atoms with Crippen molar-refractivity contribution in [2.24, 2.45) is 5.73 Å². The van der Waals surface area contributed by atoms with E-state index in [-0.39, 0.29) is 5.82 Å². The van der Waals surface area contributed by atoms with Crippen LogP contribution in [0.1, 0.15) is 11.5 Å². The lowest BCUT2D eigenvalue weighted by Gasteiger charge is -2.01. The van der Waals surface area contributed by atoms with Gasteiger partial charge in [0.1, 0.15) is 11.6 Å². The summed E-state index contributed by atoms with van der Waals surface area (Å²) in [6.45, 7) is 2.35. The van der Waals surface area contributed by atoms with Crippen molar-refractivity contribution in [3.8, 4) is 11.3 Å². The molecule has 2 aromatic rings. The van der Waals surface area contributed by atoms with Crippen molar-refractivity contribution in [1.29, 1.82) is 0 Å². The average molecular weight is 254 g/mol. The highest BCUT2D eigenvalue weighted by Gasteiger charge is 2.13. The number of nitrogens with two attached hydrogens (primary N) is 1. The third-order valence-corrected chi connectivity index (χ3v) is 2.73. The van der Waals surface area contributed by atoms with E-state index in [1.54, 1.807) is 6.07 Å². The molecule has 1 aromatic carbocycles. The van der Waals surface area contributed by atoms with Gasteiger partial charge in [-0.1, -0.05) is 11.6 Å². The van der Waals surface area contributed by atoms with Gasteiger partial charge in [-0.3, -0.25) is 0 Å². The number of imidazole rings is 1. The Balaban J connectivity index is 2.48. The van der Waals surface area contributed by atoms with Gasteiger partial charge in [-0.25, -0.2) is 9.37 Å². The molecule has 1 heterocycles. The highest BCUT2D eigenvalue weighted by molar-refractivity contribution is 6.30. The van der Waals surface area contributed by atoms with Crippen LogP contribution in [0, 0.1) is 12.7 Å². The maximum absolute atomic E-state index is 13.7. The molecule has 0 radical (unpaired) electrons. The number of nitrogens with one attached hydrogen (secondary N) is 1. The first kappa shape index (κ1) is 12.1. The topological polar surface area (TPSA) is 54.7 Å². The molecule has 0 saturated heterocycles. The molecule has 0 spiro atoms. The lowest BCUT2D eigenvalue weighted by molar-refractivity contribution is 0.630. The summed E-state index contributed by atoms with van der Waals surface area (Å²) in [6.07, 6.45) is 0.642. The maximum Gasteiger partial charge on any atom is 0.132 e. The van der Waals surface area contributed by atoms with Crippen LogP contribution in [-0.2, 0) is 6.42 Å². The molecule has 0 aliphatic carbocycles. The second-order valence-electron chi connectivity index (χ2n) is 3.82. The van der Waals surface area contributed by atoms with E-state index in [9.17, 15) is 4.39 Å². The molecule has 3 N–H and O–H groups in total. The number of aromatic amines is 1. The van der Waals surface area contributed by atoms with Gasteiger partial charge >= 0.3 is 0 Å². The smallest absolute Gasteiger partial charge is 0.132 e. The number of rotatable bonds is 3. The van der Waals surface area contributed by atoms with Crippen LogP contribution in [0.2, 0.25) is 5.02 Å². The molecule has 0 amide bonds. The minimum absolute atomic E-state index is 0.330. The molecule has 2 rings (SSSR count). The fourth-order valence-electron chi connectivity index (χ4n) is 1.72. The van der Waals surface area contributed by atoms with Crippen molar-refractivity contribution < 1.29 is 4.39 Å². The van der Waals surface area contributed by atoms with Crippen LogP contribution < -0.4 is 5.73 Å². The Labute approximate surface area is 104 Å². The van der Waals surface area contributed by atoms with Gasteiger partial charge in [-0.2, -0.15) is 0 Å². The zero-order chi connectivity index (χ0) is 12.4. The lowest BCUT2D eigenvalue weighted by Crippen LogP contribution is -2.03. The summed E-state index contributed by atoms with van der Waals surface area (Å²) in [5, 5.41) is 0.490. The Hall–Kier alpha value is -1.39. The van der Waals surface area contributed by atoms with Crippen molar-refractivity contribution in [3.05, 3.63) is 40.6 Å². The van der Waals surface area contributed by atoms with E-state index in [0.717, 1.165) is 11.5 Å². The van der Waals surface area contributed by atoms with Crippen molar-refractivity contribution in [3.63, 3.8) is 0 Å². The Morgan fingerprint density at radius 1 is 1.47 bits per heavy atom. The van der Waals surface area contributed by atoms with Crippen LogP contribution in [0.5, 0.6) is 0 Å².